The highest BCUT2D eigenvalue weighted by Gasteiger charge is 2.45. The van der Waals surface area contributed by atoms with Gasteiger partial charge in [-0.1, -0.05) is 29.3 Å². The van der Waals surface area contributed by atoms with Crippen molar-refractivity contribution < 1.29 is 19.5 Å². The van der Waals surface area contributed by atoms with Gasteiger partial charge in [-0.05, 0) is 69.5 Å². The van der Waals surface area contributed by atoms with Crippen LogP contribution in [0.1, 0.15) is 38.2 Å². The molecule has 0 bridgehead atoms. The number of nitrogens with zero attached hydrogens (tertiary/aromatic N) is 1. The summed E-state index contributed by atoms with van der Waals surface area (Å²) < 4.78 is 0. The average molecular weight is 468 g/mol. The Hall–Kier alpha value is -2.09. The minimum absolute atomic E-state index is 0.288. The zero-order chi connectivity index (χ0) is 22.6. The van der Waals surface area contributed by atoms with Crippen molar-refractivity contribution >= 4 is 52.6 Å². The number of halogens is 2. The number of piperidine rings is 1. The Labute approximate surface area is 191 Å². The smallest absolute Gasteiger partial charge is 0.325 e. The summed E-state index contributed by atoms with van der Waals surface area (Å²) in [6.07, 6.45) is 5.73. The summed E-state index contributed by atoms with van der Waals surface area (Å²) in [7, 11) is 0. The normalized spacial score (nSPS) is 19.4. The van der Waals surface area contributed by atoms with Gasteiger partial charge >= 0.3 is 5.97 Å². The Morgan fingerprint density at radius 3 is 2.42 bits per heavy atom. The van der Waals surface area contributed by atoms with E-state index in [0.717, 1.165) is 31.6 Å². The van der Waals surface area contributed by atoms with Crippen molar-refractivity contribution in [2.75, 3.05) is 31.1 Å². The van der Waals surface area contributed by atoms with Gasteiger partial charge in [-0.15, -0.1) is 0 Å². The van der Waals surface area contributed by atoms with Crippen molar-refractivity contribution in [3.63, 3.8) is 0 Å². The average Bonchev–Trinajstić information content (AvgIpc) is 3.29. The molecule has 2 saturated heterocycles. The second-order valence-corrected chi connectivity index (χ2v) is 8.82. The lowest BCUT2D eigenvalue weighted by atomic mass is 9.74. The predicted octanol–water partition coefficient (Wildman–Crippen LogP) is 3.14. The number of carboxylic acids is 1. The van der Waals surface area contributed by atoms with Crippen LogP contribution in [0, 0.1) is 5.41 Å². The predicted molar refractivity (Wildman–Crippen MR) is 122 cm³/mol. The Bertz CT molecular complexity index is 891. The number of amides is 1. The van der Waals surface area contributed by atoms with Gasteiger partial charge < -0.3 is 20.6 Å². The fourth-order valence-electron chi connectivity index (χ4n) is 4.05. The van der Waals surface area contributed by atoms with E-state index in [0.29, 0.717) is 28.7 Å². The maximum Gasteiger partial charge on any atom is 0.325 e. The zero-order valence-electron chi connectivity index (χ0n) is 17.4. The Morgan fingerprint density at radius 1 is 1.16 bits per heavy atom. The standard InChI is InChI=1S/C22H27Cl2N3O4/c1-14(20(29)30)26-21(31)22(8-10-25-11-9-22)17(28)7-5-15-4-6-16(19(24)18(15)23)27-12-2-3-13-27/h4-7,14,25H,2-3,8-13H2,1H3,(H,26,31)(H,29,30). The SMILES string of the molecule is CC(NC(=O)C1(C(=O)C=Cc2ccc(N3CCCC3)c(Cl)c2Cl)CCNCC1)C(=O)O. The largest absolute Gasteiger partial charge is 0.480 e. The van der Waals surface area contributed by atoms with E-state index < -0.39 is 23.3 Å². The molecular weight excluding hydrogens is 441 g/mol. The highest BCUT2D eigenvalue weighted by Crippen LogP contribution is 2.38. The van der Waals surface area contributed by atoms with Gasteiger partial charge in [-0.2, -0.15) is 0 Å². The van der Waals surface area contributed by atoms with Gasteiger partial charge in [-0.25, -0.2) is 0 Å². The fourth-order valence-corrected chi connectivity index (χ4v) is 4.56. The van der Waals surface area contributed by atoms with Crippen molar-refractivity contribution in [3.8, 4) is 0 Å². The first-order valence-corrected chi connectivity index (χ1v) is 11.2. The van der Waals surface area contributed by atoms with Crippen molar-refractivity contribution in [2.24, 2.45) is 5.41 Å². The Kier molecular flexibility index (Phi) is 7.62. The van der Waals surface area contributed by atoms with Crippen molar-refractivity contribution in [1.82, 2.24) is 10.6 Å². The molecule has 1 atom stereocenters. The third kappa shape index (κ3) is 5.05. The molecule has 2 aliphatic rings. The number of allylic oxidation sites excluding steroid dienone is 1. The molecule has 0 aliphatic carbocycles. The highest BCUT2D eigenvalue weighted by molar-refractivity contribution is 6.44. The van der Waals surface area contributed by atoms with Crippen molar-refractivity contribution in [1.29, 1.82) is 0 Å². The molecule has 1 amide bonds. The first kappa shape index (κ1) is 23.6. The monoisotopic (exact) mass is 467 g/mol. The van der Waals surface area contributed by atoms with Crippen LogP contribution in [-0.2, 0) is 14.4 Å². The van der Waals surface area contributed by atoms with Crippen LogP contribution in [0.3, 0.4) is 0 Å². The number of benzene rings is 1. The van der Waals surface area contributed by atoms with Crippen LogP contribution < -0.4 is 15.5 Å². The van der Waals surface area contributed by atoms with Gasteiger partial charge in [0.25, 0.3) is 0 Å². The molecule has 0 spiro atoms. The number of aliphatic carboxylic acids is 1. The lowest BCUT2D eigenvalue weighted by molar-refractivity contribution is -0.147. The van der Waals surface area contributed by atoms with Crippen LogP contribution in [0.2, 0.25) is 10.0 Å². The van der Waals surface area contributed by atoms with Crippen LogP contribution in [0.4, 0.5) is 5.69 Å². The van der Waals surface area contributed by atoms with Gasteiger partial charge in [0, 0.05) is 13.1 Å². The van der Waals surface area contributed by atoms with E-state index in [1.807, 2.05) is 12.1 Å². The van der Waals surface area contributed by atoms with E-state index in [4.69, 9.17) is 28.3 Å². The van der Waals surface area contributed by atoms with E-state index in [9.17, 15) is 14.4 Å². The summed E-state index contributed by atoms with van der Waals surface area (Å²) in [6.45, 7) is 4.23. The second kappa shape index (κ2) is 10.0. The maximum absolute atomic E-state index is 13.2. The minimum Gasteiger partial charge on any atom is -0.480 e. The number of hydrogen-bond acceptors (Lipinski definition) is 5. The molecule has 2 heterocycles. The molecule has 7 nitrogen and oxygen atoms in total. The molecule has 2 fully saturated rings. The maximum atomic E-state index is 13.2. The highest BCUT2D eigenvalue weighted by atomic mass is 35.5. The van der Waals surface area contributed by atoms with Gasteiger partial charge in [0.1, 0.15) is 11.5 Å². The van der Waals surface area contributed by atoms with Crippen LogP contribution in [-0.4, -0.2) is 55.0 Å². The molecule has 0 aromatic heterocycles. The summed E-state index contributed by atoms with van der Waals surface area (Å²) in [5.74, 6) is -2.09. The van der Waals surface area contributed by atoms with Gasteiger partial charge in [0.05, 0.1) is 15.7 Å². The molecule has 168 valence electrons. The van der Waals surface area contributed by atoms with E-state index in [1.54, 1.807) is 6.08 Å². The summed E-state index contributed by atoms with van der Waals surface area (Å²) in [6, 6.07) is 2.63. The first-order valence-electron chi connectivity index (χ1n) is 10.5. The lowest BCUT2D eigenvalue weighted by Crippen LogP contribution is -2.54. The number of carbonyl (C=O) groups excluding carboxylic acids is 2. The molecule has 2 aliphatic heterocycles. The van der Waals surface area contributed by atoms with Crippen LogP contribution in [0.15, 0.2) is 18.2 Å². The van der Waals surface area contributed by atoms with E-state index in [1.165, 1.54) is 13.0 Å². The molecule has 0 saturated carbocycles. The summed E-state index contributed by atoms with van der Waals surface area (Å²) in [4.78, 5) is 39.4. The van der Waals surface area contributed by atoms with E-state index >= 15 is 0 Å². The molecule has 31 heavy (non-hydrogen) atoms. The quantitative estimate of drug-likeness (QED) is 0.420. The van der Waals surface area contributed by atoms with Gasteiger partial charge in [0.15, 0.2) is 5.78 Å². The van der Waals surface area contributed by atoms with Crippen LogP contribution in [0.5, 0.6) is 0 Å². The molecule has 3 rings (SSSR count). The summed E-state index contributed by atoms with van der Waals surface area (Å²) >= 11 is 13.0. The number of carbonyl (C=O) groups is 3. The number of ketones is 1. The third-order valence-electron chi connectivity index (χ3n) is 6.03. The van der Waals surface area contributed by atoms with Crippen molar-refractivity contribution in [3.05, 3.63) is 33.8 Å². The molecule has 1 unspecified atom stereocenters. The molecule has 0 radical (unpaired) electrons. The van der Waals surface area contributed by atoms with Crippen LogP contribution >= 0.6 is 23.2 Å². The minimum atomic E-state index is -1.31. The molecule has 3 N–H and O–H groups in total. The first-order chi connectivity index (χ1) is 14.8. The van der Waals surface area contributed by atoms with E-state index in [2.05, 4.69) is 15.5 Å². The molecule has 9 heteroatoms. The van der Waals surface area contributed by atoms with Crippen molar-refractivity contribution in [2.45, 2.75) is 38.6 Å². The zero-order valence-corrected chi connectivity index (χ0v) is 18.9. The topological polar surface area (TPSA) is 98.7 Å². The van der Waals surface area contributed by atoms with E-state index in [-0.39, 0.29) is 18.6 Å². The number of nitrogens with one attached hydrogen (secondary N) is 2. The fraction of sp³-hybridized carbons (Fsp3) is 0.500. The molecular formula is C22H27Cl2N3O4. The Morgan fingerprint density at radius 2 is 1.81 bits per heavy atom. The van der Waals surface area contributed by atoms with Gasteiger partial charge in [-0.3, -0.25) is 14.4 Å². The van der Waals surface area contributed by atoms with Crippen LogP contribution in [0.25, 0.3) is 6.08 Å². The summed E-state index contributed by atoms with van der Waals surface area (Å²) in [5, 5.41) is 15.5. The number of hydrogen-bond donors (Lipinski definition) is 3. The summed E-state index contributed by atoms with van der Waals surface area (Å²) in [5.41, 5.74) is 0.160. The number of anilines is 1. The second-order valence-electron chi connectivity index (χ2n) is 8.06. The van der Waals surface area contributed by atoms with Gasteiger partial charge in [0.2, 0.25) is 5.91 Å². The molecule has 1 aromatic carbocycles. The lowest BCUT2D eigenvalue weighted by Gasteiger charge is -2.34. The molecule has 1 aromatic rings. The number of rotatable bonds is 7. The number of carboxylic acid groups (broad SMARTS) is 1. The Balaban J connectivity index is 1.82. The third-order valence-corrected chi connectivity index (χ3v) is 6.92.